The summed E-state index contributed by atoms with van der Waals surface area (Å²) < 4.78 is 10.9. The van der Waals surface area contributed by atoms with E-state index in [1.807, 2.05) is 0 Å². The molecule has 2 amide bonds. The molecule has 0 radical (unpaired) electrons. The fourth-order valence-corrected chi connectivity index (χ4v) is 5.95. The van der Waals surface area contributed by atoms with E-state index in [0.29, 0.717) is 34.6 Å². The summed E-state index contributed by atoms with van der Waals surface area (Å²) in [6, 6.07) is 13.8. The smallest absolute Gasteiger partial charge is 0.238 e. The number of allylic oxidation sites excluding steroid dienone is 2. The number of ether oxygens (including phenoxy) is 2. The molecule has 2 bridgehead atoms. The Kier molecular flexibility index (Phi) is 4.25. The van der Waals surface area contributed by atoms with Crippen LogP contribution in [0.5, 0.6) is 11.5 Å². The van der Waals surface area contributed by atoms with E-state index in [2.05, 4.69) is 12.2 Å². The van der Waals surface area contributed by atoms with Crippen molar-refractivity contribution >= 4 is 23.3 Å². The van der Waals surface area contributed by atoms with Gasteiger partial charge in [-0.25, -0.2) is 4.90 Å². The normalized spacial score (nSPS) is 31.3. The third-order valence-electron chi connectivity index (χ3n) is 7.50. The zero-order valence-corrected chi connectivity index (χ0v) is 17.6. The van der Waals surface area contributed by atoms with Crippen LogP contribution < -0.4 is 14.4 Å². The molecule has 0 N–H and O–H groups in total. The Bertz CT molecular complexity index is 1130. The molecule has 0 aromatic heterocycles. The quantitative estimate of drug-likeness (QED) is 0.399. The van der Waals surface area contributed by atoms with E-state index in [9.17, 15) is 14.4 Å². The lowest BCUT2D eigenvalue weighted by molar-refractivity contribution is -0.124. The minimum absolute atomic E-state index is 0.102. The van der Waals surface area contributed by atoms with Gasteiger partial charge in [0.25, 0.3) is 0 Å². The highest BCUT2D eigenvalue weighted by atomic mass is 16.5. The molecule has 2 aromatic rings. The molecule has 3 fully saturated rings. The summed E-state index contributed by atoms with van der Waals surface area (Å²) in [6.45, 7) is -0.152. The molecule has 6 nitrogen and oxygen atoms in total. The van der Waals surface area contributed by atoms with Gasteiger partial charge in [0.1, 0.15) is 11.5 Å². The number of anilines is 1. The lowest BCUT2D eigenvalue weighted by Crippen LogP contribution is -2.40. The fourth-order valence-electron chi connectivity index (χ4n) is 5.95. The summed E-state index contributed by atoms with van der Waals surface area (Å²) in [6.07, 6.45) is 5.47. The van der Waals surface area contributed by atoms with Crippen LogP contribution in [0.15, 0.2) is 60.7 Å². The molecule has 1 aliphatic heterocycles. The largest absolute Gasteiger partial charge is 0.497 e. The van der Waals surface area contributed by atoms with Crippen molar-refractivity contribution in [1.82, 2.24) is 0 Å². The van der Waals surface area contributed by atoms with Crippen LogP contribution >= 0.6 is 0 Å². The Morgan fingerprint density at radius 2 is 1.59 bits per heavy atom. The van der Waals surface area contributed by atoms with Gasteiger partial charge in [-0.3, -0.25) is 14.4 Å². The number of benzene rings is 2. The number of hydrogen-bond acceptors (Lipinski definition) is 5. The second-order valence-electron chi connectivity index (χ2n) is 9.11. The molecule has 6 heteroatoms. The molecule has 6 atom stereocenters. The topological polar surface area (TPSA) is 72.9 Å². The molecule has 0 spiro atoms. The van der Waals surface area contributed by atoms with E-state index in [0.717, 1.165) is 6.42 Å². The minimum atomic E-state index is -0.236. The number of nitrogens with zero attached hydrogens (tertiary/aromatic N) is 1. The molecule has 2 saturated carbocycles. The molecular formula is C26H23NO5. The first-order valence-corrected chi connectivity index (χ1v) is 11.0. The Labute approximate surface area is 185 Å². The van der Waals surface area contributed by atoms with Crippen molar-refractivity contribution in [2.24, 2.45) is 35.5 Å². The first kappa shape index (κ1) is 19.3. The van der Waals surface area contributed by atoms with Gasteiger partial charge in [0.05, 0.1) is 24.6 Å². The molecule has 4 aliphatic carbocycles. The van der Waals surface area contributed by atoms with Crippen LogP contribution in [-0.2, 0) is 9.59 Å². The number of amides is 2. The Morgan fingerprint density at radius 1 is 0.938 bits per heavy atom. The second-order valence-corrected chi connectivity index (χ2v) is 9.11. The summed E-state index contributed by atoms with van der Waals surface area (Å²) in [5.41, 5.74) is 1.00. The SMILES string of the molecule is COc1cccc(C(=O)COc2cccc(N3C(=O)[C@H]4[C@@H]5C=C[C@@H]([C@H]6C[C@H]56)[C@@H]4C3=O)c2)c1. The van der Waals surface area contributed by atoms with Crippen LogP contribution in [0.25, 0.3) is 0 Å². The van der Waals surface area contributed by atoms with Crippen molar-refractivity contribution in [3.63, 3.8) is 0 Å². The third kappa shape index (κ3) is 2.82. The summed E-state index contributed by atoms with van der Waals surface area (Å²) in [5, 5.41) is 0. The van der Waals surface area contributed by atoms with Crippen molar-refractivity contribution in [2.45, 2.75) is 6.42 Å². The predicted octanol–water partition coefficient (Wildman–Crippen LogP) is 3.51. The van der Waals surface area contributed by atoms with Gasteiger partial charge in [0.15, 0.2) is 12.4 Å². The number of imide groups is 1. The molecule has 0 unspecified atom stereocenters. The first-order valence-electron chi connectivity index (χ1n) is 11.0. The number of Topliss-reactive ketones (excluding diaryl/α,β-unsaturated/α-hetero) is 1. The van der Waals surface area contributed by atoms with Gasteiger partial charge < -0.3 is 9.47 Å². The number of carbonyl (C=O) groups is 3. The van der Waals surface area contributed by atoms with E-state index in [4.69, 9.17) is 9.47 Å². The molecular weight excluding hydrogens is 406 g/mol. The Balaban J connectivity index is 1.20. The Morgan fingerprint density at radius 3 is 2.28 bits per heavy atom. The van der Waals surface area contributed by atoms with Crippen LogP contribution in [0.3, 0.4) is 0 Å². The van der Waals surface area contributed by atoms with Gasteiger partial charge in [-0.05, 0) is 54.4 Å². The van der Waals surface area contributed by atoms with E-state index in [-0.39, 0.29) is 47.9 Å². The standard InChI is InChI=1S/C26H23NO5/c1-31-16-6-2-4-14(10-16)22(28)13-32-17-7-3-5-15(11-17)27-25(29)23-18-8-9-19(21-12-20(18)21)24(23)26(27)30/h2-11,18-21,23-24H,12-13H2,1H3/t18-,19+,20-,21-,23+,24+/m1/s1. The van der Waals surface area contributed by atoms with Crippen molar-refractivity contribution in [3.8, 4) is 11.5 Å². The van der Waals surface area contributed by atoms with Crippen LogP contribution in [0.2, 0.25) is 0 Å². The number of methoxy groups -OCH3 is 1. The van der Waals surface area contributed by atoms with Crippen LogP contribution in [0.1, 0.15) is 16.8 Å². The lowest BCUT2D eigenvalue weighted by atomic mass is 9.63. The summed E-state index contributed by atoms with van der Waals surface area (Å²) >= 11 is 0. The van der Waals surface area contributed by atoms with Crippen molar-refractivity contribution < 1.29 is 23.9 Å². The zero-order valence-electron chi connectivity index (χ0n) is 17.6. The maximum Gasteiger partial charge on any atom is 0.238 e. The predicted molar refractivity (Wildman–Crippen MR) is 116 cm³/mol. The van der Waals surface area contributed by atoms with Gasteiger partial charge in [-0.2, -0.15) is 0 Å². The van der Waals surface area contributed by atoms with Crippen molar-refractivity contribution in [3.05, 3.63) is 66.2 Å². The van der Waals surface area contributed by atoms with Crippen LogP contribution in [-0.4, -0.2) is 31.3 Å². The van der Waals surface area contributed by atoms with Gasteiger partial charge in [-0.15, -0.1) is 0 Å². The maximum absolute atomic E-state index is 13.3. The minimum Gasteiger partial charge on any atom is -0.497 e. The van der Waals surface area contributed by atoms with Crippen molar-refractivity contribution in [2.75, 3.05) is 18.6 Å². The molecule has 2 aromatic carbocycles. The van der Waals surface area contributed by atoms with E-state index in [1.54, 1.807) is 55.6 Å². The van der Waals surface area contributed by atoms with Gasteiger partial charge in [-0.1, -0.05) is 30.4 Å². The second kappa shape index (κ2) is 7.05. The maximum atomic E-state index is 13.3. The number of hydrogen-bond donors (Lipinski definition) is 0. The van der Waals surface area contributed by atoms with Crippen LogP contribution in [0.4, 0.5) is 5.69 Å². The molecule has 1 heterocycles. The highest BCUT2D eigenvalue weighted by Gasteiger charge is 2.67. The number of carbonyl (C=O) groups excluding carboxylic acids is 3. The van der Waals surface area contributed by atoms with Gasteiger partial charge in [0, 0.05) is 11.6 Å². The first-order chi connectivity index (χ1) is 15.6. The monoisotopic (exact) mass is 429 g/mol. The molecule has 5 aliphatic rings. The van der Waals surface area contributed by atoms with Crippen molar-refractivity contribution in [1.29, 1.82) is 0 Å². The summed E-state index contributed by atoms with van der Waals surface area (Å²) in [5.74, 6) is 1.71. The summed E-state index contributed by atoms with van der Waals surface area (Å²) in [7, 11) is 1.55. The number of ketones is 1. The number of rotatable bonds is 6. The Hall–Kier alpha value is -3.41. The zero-order chi connectivity index (χ0) is 22.0. The summed E-state index contributed by atoms with van der Waals surface area (Å²) in [4.78, 5) is 40.4. The molecule has 7 rings (SSSR count). The van der Waals surface area contributed by atoms with E-state index >= 15 is 0 Å². The molecule has 32 heavy (non-hydrogen) atoms. The highest BCUT2D eigenvalue weighted by molar-refractivity contribution is 6.22. The average Bonchev–Trinajstić information content (AvgIpc) is 3.61. The lowest BCUT2D eigenvalue weighted by Gasteiger charge is -2.37. The molecule has 1 saturated heterocycles. The van der Waals surface area contributed by atoms with Gasteiger partial charge in [0.2, 0.25) is 11.8 Å². The highest BCUT2D eigenvalue weighted by Crippen LogP contribution is 2.65. The van der Waals surface area contributed by atoms with Gasteiger partial charge >= 0.3 is 0 Å². The molecule has 162 valence electrons. The third-order valence-corrected chi connectivity index (χ3v) is 7.50. The van der Waals surface area contributed by atoms with Crippen LogP contribution in [0, 0.1) is 35.5 Å². The average molecular weight is 429 g/mol. The van der Waals surface area contributed by atoms with E-state index in [1.165, 1.54) is 4.90 Å². The fraction of sp³-hybridized carbons (Fsp3) is 0.346. The van der Waals surface area contributed by atoms with E-state index < -0.39 is 0 Å².